The molecule has 1 amide bonds. The fraction of sp³-hybridized carbons (Fsp3) is 0.600. The van der Waals surface area contributed by atoms with Gasteiger partial charge in [-0.2, -0.15) is 0 Å². The third-order valence-corrected chi connectivity index (χ3v) is 5.82. The summed E-state index contributed by atoms with van der Waals surface area (Å²) in [6.07, 6.45) is 7.67. The van der Waals surface area contributed by atoms with Gasteiger partial charge in [0, 0.05) is 18.3 Å². The lowest BCUT2D eigenvalue weighted by Gasteiger charge is -2.33. The zero-order valence-electron chi connectivity index (χ0n) is 14.9. The summed E-state index contributed by atoms with van der Waals surface area (Å²) in [5.41, 5.74) is 1.90. The summed E-state index contributed by atoms with van der Waals surface area (Å²) in [5.74, 6) is -1.96. The maximum atomic E-state index is 12.5. The van der Waals surface area contributed by atoms with Crippen molar-refractivity contribution in [2.75, 3.05) is 12.4 Å². The van der Waals surface area contributed by atoms with Gasteiger partial charge in [-0.15, -0.1) is 0 Å². The number of carbonyl (C=O) groups excluding carboxylic acids is 1. The lowest BCUT2D eigenvalue weighted by molar-refractivity contribution is -0.151. The second kappa shape index (κ2) is 8.00. The molecule has 25 heavy (non-hydrogen) atoms. The van der Waals surface area contributed by atoms with Crippen molar-refractivity contribution in [1.82, 2.24) is 4.90 Å². The van der Waals surface area contributed by atoms with E-state index in [4.69, 9.17) is 5.11 Å². The third-order valence-electron chi connectivity index (χ3n) is 5.82. The molecule has 5 heteroatoms. The standard InChI is InChI=1S/C20H28N2O3/c1-22(15-8-3-2-4-9-15)13-14-7-5-6-10-18(14)21-19(23)16-11-12-17(16)20(24)25/h5-7,10,15-17H,2-4,8-9,11-13H2,1H3,(H,21,23)(H,24,25)/t16-,17+/m1/s1. The smallest absolute Gasteiger partial charge is 0.307 e. The Morgan fingerprint density at radius 2 is 1.76 bits per heavy atom. The average Bonchev–Trinajstić information content (AvgIpc) is 2.55. The molecular weight excluding hydrogens is 316 g/mol. The van der Waals surface area contributed by atoms with Gasteiger partial charge in [-0.3, -0.25) is 14.5 Å². The molecule has 1 aromatic rings. The number of hydrogen-bond donors (Lipinski definition) is 2. The van der Waals surface area contributed by atoms with E-state index in [-0.39, 0.29) is 5.91 Å². The maximum Gasteiger partial charge on any atom is 0.307 e. The Bertz CT molecular complexity index is 625. The molecule has 0 radical (unpaired) electrons. The Morgan fingerprint density at radius 3 is 2.40 bits per heavy atom. The summed E-state index contributed by atoms with van der Waals surface area (Å²) < 4.78 is 0. The van der Waals surface area contributed by atoms with E-state index in [1.54, 1.807) is 0 Å². The van der Waals surface area contributed by atoms with Gasteiger partial charge in [0.25, 0.3) is 0 Å². The van der Waals surface area contributed by atoms with Crippen molar-refractivity contribution in [3.63, 3.8) is 0 Å². The topological polar surface area (TPSA) is 69.6 Å². The van der Waals surface area contributed by atoms with Gasteiger partial charge >= 0.3 is 5.97 Å². The van der Waals surface area contributed by atoms with E-state index in [2.05, 4.69) is 17.3 Å². The van der Waals surface area contributed by atoms with Crippen LogP contribution in [0.25, 0.3) is 0 Å². The van der Waals surface area contributed by atoms with Crippen LogP contribution in [0.4, 0.5) is 5.69 Å². The molecule has 1 aromatic carbocycles. The molecule has 0 aliphatic heterocycles. The van der Waals surface area contributed by atoms with Gasteiger partial charge in [0.1, 0.15) is 0 Å². The van der Waals surface area contributed by atoms with E-state index in [1.807, 2.05) is 24.3 Å². The SMILES string of the molecule is CN(Cc1ccccc1NC(=O)[C@@H]1CC[C@@H]1C(=O)O)C1CCCCC1. The van der Waals surface area contributed by atoms with Gasteiger partial charge in [-0.25, -0.2) is 0 Å². The molecular formula is C20H28N2O3. The molecule has 136 valence electrons. The Kier molecular flexibility index (Phi) is 5.74. The minimum absolute atomic E-state index is 0.161. The molecule has 2 saturated carbocycles. The van der Waals surface area contributed by atoms with Gasteiger partial charge in [0.2, 0.25) is 5.91 Å². The number of carbonyl (C=O) groups is 2. The predicted octanol–water partition coefficient (Wildman–Crippen LogP) is 3.50. The van der Waals surface area contributed by atoms with Crippen LogP contribution in [-0.2, 0) is 16.1 Å². The number of nitrogens with one attached hydrogen (secondary N) is 1. The number of carboxylic acid groups (broad SMARTS) is 1. The predicted molar refractivity (Wildman–Crippen MR) is 97.3 cm³/mol. The van der Waals surface area contributed by atoms with Gasteiger partial charge in [0.15, 0.2) is 0 Å². The van der Waals surface area contributed by atoms with Crippen molar-refractivity contribution in [3.05, 3.63) is 29.8 Å². The Morgan fingerprint density at radius 1 is 1.08 bits per heavy atom. The van der Waals surface area contributed by atoms with Gasteiger partial charge in [-0.05, 0) is 44.4 Å². The first kappa shape index (κ1) is 17.9. The van der Waals surface area contributed by atoms with Crippen LogP contribution in [0, 0.1) is 11.8 Å². The van der Waals surface area contributed by atoms with E-state index in [9.17, 15) is 9.59 Å². The molecule has 0 bridgehead atoms. The zero-order chi connectivity index (χ0) is 17.8. The number of hydrogen-bond acceptors (Lipinski definition) is 3. The summed E-state index contributed by atoms with van der Waals surface area (Å²) in [7, 11) is 2.15. The molecule has 5 nitrogen and oxygen atoms in total. The largest absolute Gasteiger partial charge is 0.481 e. The molecule has 0 unspecified atom stereocenters. The lowest BCUT2D eigenvalue weighted by Crippen LogP contribution is -2.41. The van der Waals surface area contributed by atoms with Crippen LogP contribution in [0.3, 0.4) is 0 Å². The molecule has 0 aromatic heterocycles. The van der Waals surface area contributed by atoms with E-state index < -0.39 is 17.8 Å². The van der Waals surface area contributed by atoms with E-state index >= 15 is 0 Å². The third kappa shape index (κ3) is 4.21. The summed E-state index contributed by atoms with van der Waals surface area (Å²) in [6.45, 7) is 0.800. The second-order valence-electron chi connectivity index (χ2n) is 7.48. The van der Waals surface area contributed by atoms with Crippen molar-refractivity contribution in [2.45, 2.75) is 57.5 Å². The average molecular weight is 344 g/mol. The van der Waals surface area contributed by atoms with Crippen LogP contribution in [0.5, 0.6) is 0 Å². The van der Waals surface area contributed by atoms with Gasteiger partial charge < -0.3 is 10.4 Å². The summed E-state index contributed by atoms with van der Waals surface area (Å²) in [4.78, 5) is 26.0. The maximum absolute atomic E-state index is 12.5. The highest BCUT2D eigenvalue weighted by Gasteiger charge is 2.41. The summed E-state index contributed by atoms with van der Waals surface area (Å²) >= 11 is 0. The first-order chi connectivity index (χ1) is 12.1. The highest BCUT2D eigenvalue weighted by atomic mass is 16.4. The van der Waals surface area contributed by atoms with Crippen molar-refractivity contribution in [3.8, 4) is 0 Å². The van der Waals surface area contributed by atoms with Crippen LogP contribution in [0.1, 0.15) is 50.5 Å². The summed E-state index contributed by atoms with van der Waals surface area (Å²) in [5, 5.41) is 12.1. The second-order valence-corrected chi connectivity index (χ2v) is 7.48. The molecule has 2 aliphatic carbocycles. The molecule has 0 spiro atoms. The fourth-order valence-electron chi connectivity index (χ4n) is 4.03. The minimum atomic E-state index is -0.864. The number of anilines is 1. The molecule has 3 rings (SSSR count). The Hall–Kier alpha value is -1.88. The molecule has 2 aliphatic rings. The van der Waals surface area contributed by atoms with Crippen LogP contribution in [0.15, 0.2) is 24.3 Å². The van der Waals surface area contributed by atoms with Crippen molar-refractivity contribution in [1.29, 1.82) is 0 Å². The Balaban J connectivity index is 1.64. The van der Waals surface area contributed by atoms with E-state index in [1.165, 1.54) is 32.1 Å². The first-order valence-corrected chi connectivity index (χ1v) is 9.38. The minimum Gasteiger partial charge on any atom is -0.481 e. The molecule has 2 N–H and O–H groups in total. The van der Waals surface area contributed by atoms with Crippen LogP contribution >= 0.6 is 0 Å². The number of nitrogens with zero attached hydrogens (tertiary/aromatic N) is 1. The van der Waals surface area contributed by atoms with Gasteiger partial charge in [0.05, 0.1) is 11.8 Å². The quantitative estimate of drug-likeness (QED) is 0.829. The molecule has 0 heterocycles. The number of para-hydroxylation sites is 1. The van der Waals surface area contributed by atoms with Crippen molar-refractivity contribution >= 4 is 17.6 Å². The van der Waals surface area contributed by atoms with E-state index in [0.717, 1.165) is 17.8 Å². The zero-order valence-corrected chi connectivity index (χ0v) is 14.9. The van der Waals surface area contributed by atoms with Crippen LogP contribution < -0.4 is 5.32 Å². The number of rotatable bonds is 6. The van der Waals surface area contributed by atoms with Gasteiger partial charge in [-0.1, -0.05) is 37.5 Å². The molecule has 0 saturated heterocycles. The highest BCUT2D eigenvalue weighted by molar-refractivity contribution is 5.96. The molecule has 2 fully saturated rings. The number of aliphatic carboxylic acids is 1. The van der Waals surface area contributed by atoms with Crippen LogP contribution in [0.2, 0.25) is 0 Å². The fourth-order valence-corrected chi connectivity index (χ4v) is 4.03. The van der Waals surface area contributed by atoms with Crippen molar-refractivity contribution in [2.24, 2.45) is 11.8 Å². The first-order valence-electron chi connectivity index (χ1n) is 9.38. The Labute approximate surface area is 149 Å². The van der Waals surface area contributed by atoms with Crippen molar-refractivity contribution < 1.29 is 14.7 Å². The normalized spacial score (nSPS) is 23.9. The monoisotopic (exact) mass is 344 g/mol. The number of benzene rings is 1. The van der Waals surface area contributed by atoms with E-state index in [0.29, 0.717) is 18.9 Å². The number of carboxylic acids is 1. The van der Waals surface area contributed by atoms with Crippen LogP contribution in [-0.4, -0.2) is 35.0 Å². The number of amides is 1. The summed E-state index contributed by atoms with van der Waals surface area (Å²) in [6, 6.07) is 8.47. The highest BCUT2D eigenvalue weighted by Crippen LogP contribution is 2.35. The molecule has 2 atom stereocenters. The lowest BCUT2D eigenvalue weighted by atomic mass is 9.73.